The first-order valence-electron chi connectivity index (χ1n) is 6.40. The fourth-order valence-electron chi connectivity index (χ4n) is 2.37. The molecule has 0 bridgehead atoms. The lowest BCUT2D eigenvalue weighted by Crippen LogP contribution is -2.17. The summed E-state index contributed by atoms with van der Waals surface area (Å²) >= 11 is 6.02. The molecule has 21 heavy (non-hydrogen) atoms. The van der Waals surface area contributed by atoms with Gasteiger partial charge in [-0.15, -0.1) is 0 Å². The van der Waals surface area contributed by atoms with Crippen LogP contribution >= 0.6 is 11.6 Å². The van der Waals surface area contributed by atoms with Gasteiger partial charge in [-0.3, -0.25) is 0 Å². The van der Waals surface area contributed by atoms with Crippen LogP contribution in [0.1, 0.15) is 17.4 Å². The van der Waals surface area contributed by atoms with Gasteiger partial charge in [0.05, 0.1) is 11.1 Å². The Bertz CT molecular complexity index is 800. The van der Waals surface area contributed by atoms with E-state index in [1.165, 1.54) is 18.2 Å². The summed E-state index contributed by atoms with van der Waals surface area (Å²) in [5.74, 6) is -0.276. The second-order valence-corrected chi connectivity index (χ2v) is 5.07. The van der Waals surface area contributed by atoms with Crippen molar-refractivity contribution in [3.05, 3.63) is 70.4 Å². The molecule has 0 spiro atoms. The van der Waals surface area contributed by atoms with Gasteiger partial charge < -0.3 is 9.73 Å². The lowest BCUT2D eigenvalue weighted by molar-refractivity contribution is 0.489. The zero-order valence-corrected chi connectivity index (χ0v) is 11.9. The van der Waals surface area contributed by atoms with Crippen molar-refractivity contribution in [1.29, 1.82) is 0 Å². The third kappa shape index (κ3) is 2.52. The monoisotopic (exact) mass is 307 g/mol. The summed E-state index contributed by atoms with van der Waals surface area (Å²) in [7, 11) is 1.72. The first kappa shape index (κ1) is 14.0. The number of halogens is 3. The van der Waals surface area contributed by atoms with Crippen molar-refractivity contribution in [1.82, 2.24) is 5.32 Å². The molecule has 0 amide bonds. The van der Waals surface area contributed by atoms with Gasteiger partial charge in [0.15, 0.2) is 0 Å². The lowest BCUT2D eigenvalue weighted by atomic mass is 10.0. The molecule has 1 atom stereocenters. The summed E-state index contributed by atoms with van der Waals surface area (Å²) in [5.41, 5.74) is 1.14. The zero-order chi connectivity index (χ0) is 15.0. The molecule has 1 unspecified atom stereocenters. The number of rotatable bonds is 3. The molecule has 2 nitrogen and oxygen atoms in total. The van der Waals surface area contributed by atoms with Crippen molar-refractivity contribution in [2.75, 3.05) is 7.05 Å². The average Bonchev–Trinajstić information content (AvgIpc) is 2.87. The molecule has 0 saturated heterocycles. The van der Waals surface area contributed by atoms with Gasteiger partial charge in [-0.2, -0.15) is 0 Å². The van der Waals surface area contributed by atoms with Crippen molar-refractivity contribution in [3.8, 4) is 0 Å². The summed E-state index contributed by atoms with van der Waals surface area (Å²) in [6, 6.07) is 10.2. The van der Waals surface area contributed by atoms with E-state index in [9.17, 15) is 8.78 Å². The molecule has 1 aromatic heterocycles. The maximum atomic E-state index is 13.6. The van der Waals surface area contributed by atoms with Gasteiger partial charge in [0, 0.05) is 5.39 Å². The van der Waals surface area contributed by atoms with E-state index >= 15 is 0 Å². The highest BCUT2D eigenvalue weighted by atomic mass is 35.5. The summed E-state index contributed by atoms with van der Waals surface area (Å²) in [6.07, 6.45) is 0. The van der Waals surface area contributed by atoms with Gasteiger partial charge in [-0.25, -0.2) is 8.78 Å². The van der Waals surface area contributed by atoms with Crippen LogP contribution in [0, 0.1) is 11.6 Å². The van der Waals surface area contributed by atoms with Crippen LogP contribution in [0.5, 0.6) is 0 Å². The number of nitrogens with one attached hydrogen (secondary N) is 1. The minimum atomic E-state index is -0.489. The predicted molar refractivity (Wildman–Crippen MR) is 78.5 cm³/mol. The number of benzene rings is 2. The Kier molecular flexibility index (Phi) is 3.66. The maximum Gasteiger partial charge on any atom is 0.142 e. The first-order chi connectivity index (χ1) is 10.1. The molecule has 1 heterocycles. The van der Waals surface area contributed by atoms with Gasteiger partial charge in [-0.05, 0) is 42.9 Å². The predicted octanol–water partition coefficient (Wildman–Crippen LogP) is 4.67. The van der Waals surface area contributed by atoms with E-state index in [1.54, 1.807) is 31.3 Å². The largest absolute Gasteiger partial charge is 0.459 e. The van der Waals surface area contributed by atoms with Crippen LogP contribution in [-0.2, 0) is 0 Å². The first-order valence-corrected chi connectivity index (χ1v) is 6.78. The Morgan fingerprint density at radius 1 is 1.14 bits per heavy atom. The maximum absolute atomic E-state index is 13.6. The van der Waals surface area contributed by atoms with E-state index in [1.807, 2.05) is 0 Å². The van der Waals surface area contributed by atoms with Crippen molar-refractivity contribution in [2.24, 2.45) is 0 Å². The molecule has 0 fully saturated rings. The number of fused-ring (bicyclic) bond motifs is 1. The smallest absolute Gasteiger partial charge is 0.142 e. The van der Waals surface area contributed by atoms with Crippen LogP contribution in [0.25, 0.3) is 11.0 Å². The molecule has 5 heteroatoms. The summed E-state index contributed by atoms with van der Waals surface area (Å²) in [4.78, 5) is 0. The molecule has 3 aromatic rings. The molecule has 3 rings (SSSR count). The lowest BCUT2D eigenvalue weighted by Gasteiger charge is -2.15. The van der Waals surface area contributed by atoms with E-state index in [0.717, 1.165) is 0 Å². The molecule has 0 saturated carbocycles. The molecular formula is C16H12ClF2NO. The Morgan fingerprint density at radius 3 is 2.71 bits per heavy atom. The van der Waals surface area contributed by atoms with Gasteiger partial charge in [-0.1, -0.05) is 23.7 Å². The SMILES string of the molecule is CNC(c1cc2cc(F)ccc2o1)c1cccc(F)c1Cl. The van der Waals surface area contributed by atoms with Crippen molar-refractivity contribution >= 4 is 22.6 Å². The standard InChI is InChI=1S/C16H12ClF2NO/c1-20-16(11-3-2-4-12(19)15(11)17)14-8-9-7-10(18)5-6-13(9)21-14/h2-8,16,20H,1H3. The highest BCUT2D eigenvalue weighted by Gasteiger charge is 2.21. The van der Waals surface area contributed by atoms with E-state index in [4.69, 9.17) is 16.0 Å². The quantitative estimate of drug-likeness (QED) is 0.760. The molecular weight excluding hydrogens is 296 g/mol. The normalized spacial score (nSPS) is 12.8. The highest BCUT2D eigenvalue weighted by molar-refractivity contribution is 6.31. The van der Waals surface area contributed by atoms with Crippen molar-refractivity contribution in [2.45, 2.75) is 6.04 Å². The van der Waals surface area contributed by atoms with Crippen LogP contribution in [0.15, 0.2) is 46.9 Å². The van der Waals surface area contributed by atoms with E-state index < -0.39 is 11.9 Å². The molecule has 0 aliphatic rings. The number of furan rings is 1. The zero-order valence-electron chi connectivity index (χ0n) is 11.2. The van der Waals surface area contributed by atoms with Crippen LogP contribution < -0.4 is 5.32 Å². The average molecular weight is 308 g/mol. The van der Waals surface area contributed by atoms with Crippen LogP contribution in [0.4, 0.5) is 8.78 Å². The Labute approximate surface area is 125 Å². The highest BCUT2D eigenvalue weighted by Crippen LogP contribution is 2.33. The molecule has 0 aliphatic heterocycles. The molecule has 2 aromatic carbocycles. The topological polar surface area (TPSA) is 25.2 Å². The van der Waals surface area contributed by atoms with Gasteiger partial charge >= 0.3 is 0 Å². The molecule has 1 N–H and O–H groups in total. The van der Waals surface area contributed by atoms with Crippen LogP contribution in [-0.4, -0.2) is 7.05 Å². The van der Waals surface area contributed by atoms with E-state index in [-0.39, 0.29) is 10.8 Å². The fraction of sp³-hybridized carbons (Fsp3) is 0.125. The van der Waals surface area contributed by atoms with Crippen molar-refractivity contribution in [3.63, 3.8) is 0 Å². The van der Waals surface area contributed by atoms with Gasteiger partial charge in [0.2, 0.25) is 0 Å². The number of hydrogen-bond acceptors (Lipinski definition) is 2. The Morgan fingerprint density at radius 2 is 1.95 bits per heavy atom. The minimum absolute atomic E-state index is 0.0449. The fourth-order valence-corrected chi connectivity index (χ4v) is 2.61. The van der Waals surface area contributed by atoms with E-state index in [0.29, 0.717) is 22.3 Å². The second kappa shape index (κ2) is 5.47. The molecule has 0 aliphatic carbocycles. The second-order valence-electron chi connectivity index (χ2n) is 4.70. The summed E-state index contributed by atoms with van der Waals surface area (Å²) in [6.45, 7) is 0. The molecule has 108 valence electrons. The van der Waals surface area contributed by atoms with Crippen LogP contribution in [0.3, 0.4) is 0 Å². The minimum Gasteiger partial charge on any atom is -0.459 e. The number of hydrogen-bond donors (Lipinski definition) is 1. The van der Waals surface area contributed by atoms with Crippen LogP contribution in [0.2, 0.25) is 5.02 Å². The third-order valence-corrected chi connectivity index (χ3v) is 3.76. The van der Waals surface area contributed by atoms with Gasteiger partial charge in [0.25, 0.3) is 0 Å². The van der Waals surface area contributed by atoms with Gasteiger partial charge in [0.1, 0.15) is 23.0 Å². The summed E-state index contributed by atoms with van der Waals surface area (Å²) < 4.78 is 32.6. The molecule has 0 radical (unpaired) electrons. The van der Waals surface area contributed by atoms with Crippen molar-refractivity contribution < 1.29 is 13.2 Å². The summed E-state index contributed by atoms with van der Waals surface area (Å²) in [5, 5.41) is 3.74. The Balaban J connectivity index is 2.11. The third-order valence-electron chi connectivity index (χ3n) is 3.36. The Hall–Kier alpha value is -1.91. The van der Waals surface area contributed by atoms with E-state index in [2.05, 4.69) is 5.32 Å².